The van der Waals surface area contributed by atoms with Crippen LogP contribution in [0, 0.1) is 0 Å². The minimum absolute atomic E-state index is 0.0249. The molecule has 0 aromatic rings. The summed E-state index contributed by atoms with van der Waals surface area (Å²) in [4.78, 5) is 0. The molecule has 86 valence electrons. The highest BCUT2D eigenvalue weighted by atomic mass is 19.4. The third-order valence-electron chi connectivity index (χ3n) is 1.51. The molecule has 0 aliphatic carbocycles. The average molecular weight is 215 g/mol. The lowest BCUT2D eigenvalue weighted by atomic mass is 10.1. The highest BCUT2D eigenvalue weighted by Crippen LogP contribution is 2.14. The van der Waals surface area contributed by atoms with Crippen LogP contribution in [0.1, 0.15) is 13.8 Å². The molecule has 0 aliphatic rings. The molecule has 0 heterocycles. The molecule has 0 radical (unpaired) electrons. The van der Waals surface area contributed by atoms with Crippen molar-refractivity contribution in [2.45, 2.75) is 25.6 Å². The third-order valence-corrected chi connectivity index (χ3v) is 1.51. The van der Waals surface area contributed by atoms with Gasteiger partial charge in [0.2, 0.25) is 0 Å². The molecular formula is C8H16F3NO2. The van der Waals surface area contributed by atoms with E-state index in [1.54, 1.807) is 13.8 Å². The summed E-state index contributed by atoms with van der Waals surface area (Å²) in [6, 6.07) is 0. The minimum atomic E-state index is -4.27. The Balaban J connectivity index is 3.39. The normalized spacial score (nSPS) is 13.3. The van der Waals surface area contributed by atoms with Crippen LogP contribution < -0.4 is 5.32 Å². The van der Waals surface area contributed by atoms with Gasteiger partial charge in [-0.15, -0.1) is 0 Å². The summed E-state index contributed by atoms with van der Waals surface area (Å²) < 4.78 is 39.2. The molecule has 0 spiro atoms. The Labute approximate surface area is 81.2 Å². The summed E-state index contributed by atoms with van der Waals surface area (Å²) in [5, 5.41) is 11.6. The van der Waals surface area contributed by atoms with Crippen LogP contribution >= 0.6 is 0 Å². The van der Waals surface area contributed by atoms with Crippen LogP contribution in [-0.4, -0.2) is 43.2 Å². The maximum atomic E-state index is 11.6. The van der Waals surface area contributed by atoms with E-state index in [9.17, 15) is 13.2 Å². The molecule has 0 unspecified atom stereocenters. The summed E-state index contributed by atoms with van der Waals surface area (Å²) >= 11 is 0. The zero-order chi connectivity index (χ0) is 11.2. The number of aliphatic hydroxyl groups excluding tert-OH is 1. The van der Waals surface area contributed by atoms with Gasteiger partial charge in [-0.1, -0.05) is 0 Å². The van der Waals surface area contributed by atoms with Crippen molar-refractivity contribution in [1.82, 2.24) is 5.32 Å². The molecule has 2 N–H and O–H groups in total. The van der Waals surface area contributed by atoms with Crippen molar-refractivity contribution in [3.63, 3.8) is 0 Å². The predicted molar refractivity (Wildman–Crippen MR) is 46.0 cm³/mol. The van der Waals surface area contributed by atoms with Gasteiger partial charge >= 0.3 is 6.18 Å². The Bertz CT molecular complexity index is 159. The summed E-state index contributed by atoms with van der Waals surface area (Å²) in [5.41, 5.74) is -0.485. The fourth-order valence-electron chi connectivity index (χ4n) is 0.705. The van der Waals surface area contributed by atoms with Crippen molar-refractivity contribution in [3.05, 3.63) is 0 Å². The molecule has 14 heavy (non-hydrogen) atoms. The highest BCUT2D eigenvalue weighted by Gasteiger charge is 2.27. The molecule has 0 saturated heterocycles. The van der Waals surface area contributed by atoms with Gasteiger partial charge in [0.15, 0.2) is 0 Å². The van der Waals surface area contributed by atoms with Crippen LogP contribution in [0.2, 0.25) is 0 Å². The lowest BCUT2D eigenvalue weighted by Gasteiger charge is -2.23. The first-order valence-corrected chi connectivity index (χ1v) is 4.27. The van der Waals surface area contributed by atoms with Crippen molar-refractivity contribution in [1.29, 1.82) is 0 Å². The Morgan fingerprint density at radius 3 is 2.29 bits per heavy atom. The summed E-state index contributed by atoms with van der Waals surface area (Å²) in [6.45, 7) is 2.45. The minimum Gasteiger partial charge on any atom is -0.394 e. The smallest absolute Gasteiger partial charge is 0.394 e. The standard InChI is InChI=1S/C8H16F3NO2/c1-7(2,5-13)12-3-4-14-6-8(9,10)11/h12-13H,3-6H2,1-2H3. The van der Waals surface area contributed by atoms with E-state index in [0.717, 1.165) is 0 Å². The van der Waals surface area contributed by atoms with Crippen molar-refractivity contribution in [2.75, 3.05) is 26.4 Å². The van der Waals surface area contributed by atoms with Crippen molar-refractivity contribution < 1.29 is 23.0 Å². The number of rotatable bonds is 6. The number of aliphatic hydroxyl groups is 1. The topological polar surface area (TPSA) is 41.5 Å². The molecule has 3 nitrogen and oxygen atoms in total. The van der Waals surface area contributed by atoms with Gasteiger partial charge in [0, 0.05) is 12.1 Å². The SMILES string of the molecule is CC(C)(CO)NCCOCC(F)(F)F. The first-order chi connectivity index (χ1) is 6.27. The second-order valence-corrected chi connectivity index (χ2v) is 3.64. The molecule has 0 saturated carbocycles. The van der Waals surface area contributed by atoms with Gasteiger partial charge in [-0.2, -0.15) is 13.2 Å². The number of alkyl halides is 3. The molecule has 0 bridgehead atoms. The summed E-state index contributed by atoms with van der Waals surface area (Å²) in [6.07, 6.45) is -4.27. The maximum Gasteiger partial charge on any atom is 0.411 e. The van der Waals surface area contributed by atoms with E-state index in [0.29, 0.717) is 0 Å². The number of ether oxygens (including phenoxy) is 1. The fraction of sp³-hybridized carbons (Fsp3) is 1.00. The number of halogens is 3. The van der Waals surface area contributed by atoms with Crippen LogP contribution in [0.3, 0.4) is 0 Å². The van der Waals surface area contributed by atoms with E-state index in [1.165, 1.54) is 0 Å². The van der Waals surface area contributed by atoms with Gasteiger partial charge in [-0.25, -0.2) is 0 Å². The Kier molecular flexibility index (Phi) is 5.40. The predicted octanol–water partition coefficient (Wildman–Crippen LogP) is 0.926. The van der Waals surface area contributed by atoms with E-state index >= 15 is 0 Å². The molecule has 0 rings (SSSR count). The Morgan fingerprint density at radius 1 is 1.29 bits per heavy atom. The fourth-order valence-corrected chi connectivity index (χ4v) is 0.705. The van der Waals surface area contributed by atoms with Crippen LogP contribution in [0.15, 0.2) is 0 Å². The monoisotopic (exact) mass is 215 g/mol. The zero-order valence-corrected chi connectivity index (χ0v) is 8.32. The highest BCUT2D eigenvalue weighted by molar-refractivity contribution is 4.75. The van der Waals surface area contributed by atoms with Gasteiger partial charge in [0.1, 0.15) is 6.61 Å². The average Bonchev–Trinajstić information content (AvgIpc) is 2.01. The van der Waals surface area contributed by atoms with Crippen LogP contribution in [0.5, 0.6) is 0 Å². The second-order valence-electron chi connectivity index (χ2n) is 3.64. The summed E-state index contributed by atoms with van der Waals surface area (Å²) in [5.74, 6) is 0. The molecule has 0 fully saturated rings. The number of hydrogen-bond donors (Lipinski definition) is 2. The van der Waals surface area contributed by atoms with Gasteiger partial charge in [-0.05, 0) is 13.8 Å². The lowest BCUT2D eigenvalue weighted by molar-refractivity contribution is -0.173. The van der Waals surface area contributed by atoms with Crippen molar-refractivity contribution >= 4 is 0 Å². The largest absolute Gasteiger partial charge is 0.411 e. The van der Waals surface area contributed by atoms with Gasteiger partial charge in [0.25, 0.3) is 0 Å². The molecule has 0 atom stereocenters. The quantitative estimate of drug-likeness (QED) is 0.647. The number of hydrogen-bond acceptors (Lipinski definition) is 3. The zero-order valence-electron chi connectivity index (χ0n) is 8.32. The lowest BCUT2D eigenvalue weighted by Crippen LogP contribution is -2.44. The van der Waals surface area contributed by atoms with E-state index in [2.05, 4.69) is 10.1 Å². The van der Waals surface area contributed by atoms with E-state index in [-0.39, 0.29) is 19.8 Å². The van der Waals surface area contributed by atoms with Crippen molar-refractivity contribution in [3.8, 4) is 0 Å². The van der Waals surface area contributed by atoms with E-state index in [1.807, 2.05) is 0 Å². The Hall–Kier alpha value is -0.330. The Morgan fingerprint density at radius 2 is 1.86 bits per heavy atom. The van der Waals surface area contributed by atoms with Crippen LogP contribution in [0.4, 0.5) is 13.2 Å². The van der Waals surface area contributed by atoms with Gasteiger partial charge in [-0.3, -0.25) is 0 Å². The second kappa shape index (κ2) is 5.53. The van der Waals surface area contributed by atoms with E-state index < -0.39 is 18.3 Å². The van der Waals surface area contributed by atoms with Crippen LogP contribution in [0.25, 0.3) is 0 Å². The first kappa shape index (κ1) is 13.7. The van der Waals surface area contributed by atoms with Gasteiger partial charge in [0.05, 0.1) is 13.2 Å². The van der Waals surface area contributed by atoms with E-state index in [4.69, 9.17) is 5.11 Å². The molecule has 0 aromatic heterocycles. The molecule has 0 aliphatic heterocycles. The summed E-state index contributed by atoms with van der Waals surface area (Å²) in [7, 11) is 0. The van der Waals surface area contributed by atoms with Gasteiger partial charge < -0.3 is 15.2 Å². The molecular weight excluding hydrogens is 199 g/mol. The molecule has 0 aromatic carbocycles. The molecule has 6 heteroatoms. The third kappa shape index (κ3) is 8.28. The van der Waals surface area contributed by atoms with Crippen molar-refractivity contribution in [2.24, 2.45) is 0 Å². The molecule has 0 amide bonds. The maximum absolute atomic E-state index is 11.6. The van der Waals surface area contributed by atoms with Crippen LogP contribution in [-0.2, 0) is 4.74 Å². The number of nitrogens with one attached hydrogen (secondary N) is 1. The first-order valence-electron chi connectivity index (χ1n) is 4.27.